The summed E-state index contributed by atoms with van der Waals surface area (Å²) in [5, 5.41) is 8.77. The molecule has 2 aromatic carbocycles. The lowest BCUT2D eigenvalue weighted by atomic mass is 9.94. The number of pyridine rings is 1. The van der Waals surface area contributed by atoms with Gasteiger partial charge in [0.2, 0.25) is 5.88 Å². The van der Waals surface area contributed by atoms with E-state index in [4.69, 9.17) is 14.7 Å². The van der Waals surface area contributed by atoms with E-state index in [1.165, 1.54) is 49.3 Å². The fourth-order valence-corrected chi connectivity index (χ4v) is 5.75. The highest BCUT2D eigenvalue weighted by molar-refractivity contribution is 9.10. The minimum Gasteiger partial charge on any atom is -0.473 e. The molecule has 0 bridgehead atoms. The number of nitrogens with zero attached hydrogens (tertiary/aromatic N) is 2. The van der Waals surface area contributed by atoms with Crippen molar-refractivity contribution in [1.82, 2.24) is 4.98 Å². The van der Waals surface area contributed by atoms with Gasteiger partial charge in [0.1, 0.15) is 12.4 Å². The number of hydrogen-bond donors (Lipinski definition) is 0. The van der Waals surface area contributed by atoms with E-state index in [1.807, 2.05) is 18.2 Å². The molecule has 1 saturated heterocycles. The highest BCUT2D eigenvalue weighted by Crippen LogP contribution is 2.26. The Morgan fingerprint density at radius 1 is 0.958 bits per heavy atom. The van der Waals surface area contributed by atoms with E-state index in [-0.39, 0.29) is 6.61 Å². The summed E-state index contributed by atoms with van der Waals surface area (Å²) in [5.74, 6) is 2.32. The summed E-state index contributed by atoms with van der Waals surface area (Å²) >= 11 is 3.40. The first-order valence-electron chi connectivity index (χ1n) is 18.1. The van der Waals surface area contributed by atoms with Crippen LogP contribution >= 0.6 is 15.9 Å². The van der Waals surface area contributed by atoms with E-state index in [1.54, 1.807) is 18.2 Å². The van der Waals surface area contributed by atoms with Crippen LogP contribution in [-0.2, 0) is 11.3 Å². The number of benzene rings is 2. The maximum atomic E-state index is 13.9. The van der Waals surface area contributed by atoms with Gasteiger partial charge in [0.25, 0.3) is 0 Å². The smallest absolute Gasteiger partial charge is 0.213 e. The van der Waals surface area contributed by atoms with Crippen molar-refractivity contribution in [3.63, 3.8) is 0 Å². The molecule has 0 spiro atoms. The standard InChI is InChI=1S/C20H23FN2O.C8H9Br.C8H18.C6H12O/c1-3-6-16(7-4-2)19-8-5-9-20(23-19)24-14-17-11-10-15(13-22)12-18(17)21;1-6-3-4-8(9)5-7(6)2;1-5-8(4)6-7(2)3;1-2-3-6-4-5-7-6/h5,8-12,16H,3-4,6-7,14H2,1-2H3;3-5H,1-2H3;7-8H,5-6H2,1-4H3;6H,2-5H2,1H3. The van der Waals surface area contributed by atoms with Crippen molar-refractivity contribution in [3.05, 3.63) is 92.8 Å². The molecule has 1 aliphatic heterocycles. The second-order valence-corrected chi connectivity index (χ2v) is 14.2. The molecule has 6 heteroatoms. The molecule has 3 aromatic rings. The van der Waals surface area contributed by atoms with Crippen LogP contribution < -0.4 is 4.74 Å². The lowest BCUT2D eigenvalue weighted by Crippen LogP contribution is -2.25. The molecule has 4 nitrogen and oxygen atoms in total. The number of halogens is 2. The van der Waals surface area contributed by atoms with E-state index in [2.05, 4.69) is 101 Å². The highest BCUT2D eigenvalue weighted by atomic mass is 79.9. The number of aryl methyl sites for hydroxylation is 2. The third kappa shape index (κ3) is 18.1. The minimum atomic E-state index is -0.431. The van der Waals surface area contributed by atoms with E-state index in [9.17, 15) is 4.39 Å². The van der Waals surface area contributed by atoms with Crippen molar-refractivity contribution in [2.45, 2.75) is 139 Å². The molecular formula is C42H62BrFN2O2. The summed E-state index contributed by atoms with van der Waals surface area (Å²) < 4.78 is 25.9. The van der Waals surface area contributed by atoms with Crippen molar-refractivity contribution in [2.24, 2.45) is 11.8 Å². The first-order chi connectivity index (χ1) is 23.0. The van der Waals surface area contributed by atoms with Crippen molar-refractivity contribution >= 4 is 15.9 Å². The van der Waals surface area contributed by atoms with Crippen molar-refractivity contribution in [3.8, 4) is 11.9 Å². The zero-order valence-corrected chi connectivity index (χ0v) is 32.8. The maximum absolute atomic E-state index is 13.9. The van der Waals surface area contributed by atoms with Crippen LogP contribution in [0.4, 0.5) is 4.39 Å². The fraction of sp³-hybridized carbons (Fsp3) is 0.571. The second-order valence-electron chi connectivity index (χ2n) is 13.3. The molecular weight excluding hydrogens is 663 g/mol. The fourth-order valence-electron chi connectivity index (χ4n) is 5.27. The molecule has 0 aliphatic carbocycles. The maximum Gasteiger partial charge on any atom is 0.213 e. The zero-order chi connectivity index (χ0) is 35.9. The molecule has 48 heavy (non-hydrogen) atoms. The van der Waals surface area contributed by atoms with Crippen LogP contribution in [0.3, 0.4) is 0 Å². The second kappa shape index (κ2) is 25.3. The third-order valence-corrected chi connectivity index (χ3v) is 8.93. The van der Waals surface area contributed by atoms with Crippen molar-refractivity contribution in [1.29, 1.82) is 5.26 Å². The molecule has 266 valence electrons. The number of hydrogen-bond acceptors (Lipinski definition) is 4. The quantitative estimate of drug-likeness (QED) is 0.176. The van der Waals surface area contributed by atoms with Crippen LogP contribution in [0.1, 0.15) is 140 Å². The zero-order valence-electron chi connectivity index (χ0n) is 31.3. The lowest BCUT2D eigenvalue weighted by Gasteiger charge is -2.25. The largest absolute Gasteiger partial charge is 0.473 e. The van der Waals surface area contributed by atoms with E-state index in [0.29, 0.717) is 29.0 Å². The Morgan fingerprint density at radius 2 is 1.65 bits per heavy atom. The van der Waals surface area contributed by atoms with Gasteiger partial charge in [0, 0.05) is 34.3 Å². The van der Waals surface area contributed by atoms with Crippen LogP contribution in [0.2, 0.25) is 0 Å². The van der Waals surface area contributed by atoms with E-state index in [0.717, 1.165) is 54.3 Å². The number of ether oxygens (including phenoxy) is 2. The molecule has 1 fully saturated rings. The Labute approximate surface area is 301 Å². The predicted molar refractivity (Wildman–Crippen MR) is 204 cm³/mol. The molecule has 2 unspecified atom stereocenters. The van der Waals surface area contributed by atoms with Crippen LogP contribution in [0.25, 0.3) is 0 Å². The van der Waals surface area contributed by atoms with Gasteiger partial charge in [-0.1, -0.05) is 108 Å². The first kappa shape index (κ1) is 43.3. The van der Waals surface area contributed by atoms with Gasteiger partial charge in [-0.15, -0.1) is 0 Å². The molecule has 2 atom stereocenters. The third-order valence-electron chi connectivity index (χ3n) is 8.44. The summed E-state index contributed by atoms with van der Waals surface area (Å²) in [6, 6.07) is 18.4. The average Bonchev–Trinajstić information content (AvgIpc) is 3.04. The number of aromatic nitrogens is 1. The Morgan fingerprint density at radius 3 is 2.08 bits per heavy atom. The predicted octanol–water partition coefficient (Wildman–Crippen LogP) is 13.1. The van der Waals surface area contributed by atoms with Gasteiger partial charge in [-0.05, 0) is 99.2 Å². The van der Waals surface area contributed by atoms with Gasteiger partial charge in [-0.3, -0.25) is 0 Å². The Kier molecular flexibility index (Phi) is 22.8. The van der Waals surface area contributed by atoms with Gasteiger partial charge in [0.15, 0.2) is 0 Å². The SMILES string of the molecule is CCC(C)CC(C)C.CCCC(CCC)c1cccc(OCc2ccc(C#N)cc2F)n1.CCCC1CCO1.Cc1ccc(Br)cc1C. The molecule has 1 aromatic heterocycles. The van der Waals surface area contributed by atoms with Crippen LogP contribution in [0, 0.1) is 42.8 Å². The molecule has 4 rings (SSSR count). The lowest BCUT2D eigenvalue weighted by molar-refractivity contribution is -0.0546. The Balaban J connectivity index is 0.000000388. The number of nitriles is 1. The molecule has 0 radical (unpaired) electrons. The monoisotopic (exact) mass is 724 g/mol. The van der Waals surface area contributed by atoms with E-state index >= 15 is 0 Å². The molecule has 2 heterocycles. The minimum absolute atomic E-state index is 0.0974. The summed E-state index contributed by atoms with van der Waals surface area (Å²) in [5.41, 5.74) is 4.44. The summed E-state index contributed by atoms with van der Waals surface area (Å²) in [7, 11) is 0. The Bertz CT molecular complexity index is 1330. The summed E-state index contributed by atoms with van der Waals surface area (Å²) in [6.45, 7) is 21.0. The first-order valence-corrected chi connectivity index (χ1v) is 18.9. The molecule has 1 aliphatic rings. The molecule has 0 N–H and O–H groups in total. The van der Waals surface area contributed by atoms with Crippen molar-refractivity contribution in [2.75, 3.05) is 6.61 Å². The van der Waals surface area contributed by atoms with Gasteiger partial charge in [-0.25, -0.2) is 9.37 Å². The van der Waals surface area contributed by atoms with Gasteiger partial charge in [-0.2, -0.15) is 5.26 Å². The van der Waals surface area contributed by atoms with E-state index < -0.39 is 5.82 Å². The highest BCUT2D eigenvalue weighted by Gasteiger charge is 2.15. The van der Waals surface area contributed by atoms with Gasteiger partial charge < -0.3 is 9.47 Å². The molecule has 0 amide bonds. The van der Waals surface area contributed by atoms with Crippen molar-refractivity contribution < 1.29 is 13.9 Å². The average molecular weight is 726 g/mol. The normalized spacial score (nSPS) is 13.9. The van der Waals surface area contributed by atoms with Gasteiger partial charge >= 0.3 is 0 Å². The summed E-state index contributed by atoms with van der Waals surface area (Å²) in [6.07, 6.45) is 11.6. The topological polar surface area (TPSA) is 55.1 Å². The number of rotatable bonds is 13. The molecule has 0 saturated carbocycles. The van der Waals surface area contributed by atoms with Crippen LogP contribution in [0.5, 0.6) is 5.88 Å². The van der Waals surface area contributed by atoms with Crippen LogP contribution in [-0.4, -0.2) is 17.7 Å². The summed E-state index contributed by atoms with van der Waals surface area (Å²) in [4.78, 5) is 4.59. The Hall–Kier alpha value is -2.75. The van der Waals surface area contributed by atoms with Crippen LogP contribution in [0.15, 0.2) is 59.1 Å². The van der Waals surface area contributed by atoms with Gasteiger partial charge in [0.05, 0.1) is 17.7 Å².